The van der Waals surface area contributed by atoms with Crippen LogP contribution in [0.3, 0.4) is 0 Å². The van der Waals surface area contributed by atoms with E-state index >= 15 is 0 Å². The van der Waals surface area contributed by atoms with Gasteiger partial charge in [-0.1, -0.05) is 65.8 Å². The molecule has 0 radical (unpaired) electrons. The Hall–Kier alpha value is -5.10. The molecule has 1 aliphatic heterocycles. The number of hydrogen-bond donors (Lipinski definition) is 1. The number of amides is 1. The number of nitrogens with two attached hydrogens (primary N) is 1. The molecule has 12 heteroatoms. The molecule has 11 nitrogen and oxygen atoms in total. The van der Waals surface area contributed by atoms with Crippen LogP contribution < -0.4 is 5.73 Å². The summed E-state index contributed by atoms with van der Waals surface area (Å²) >= 11 is 0. The fourth-order valence-corrected chi connectivity index (χ4v) is 5.73. The first-order valence-corrected chi connectivity index (χ1v) is 15.2. The van der Waals surface area contributed by atoms with E-state index < -0.39 is 41.6 Å². The van der Waals surface area contributed by atoms with E-state index in [9.17, 15) is 18.8 Å². The Balaban J connectivity index is 1.23. The lowest BCUT2D eigenvalue weighted by atomic mass is 9.70. The van der Waals surface area contributed by atoms with Crippen molar-refractivity contribution in [2.24, 2.45) is 11.1 Å². The van der Waals surface area contributed by atoms with Crippen molar-refractivity contribution < 1.29 is 37.5 Å². The number of hydrogen-bond acceptors (Lipinski definition) is 10. The van der Waals surface area contributed by atoms with Crippen LogP contribution in [0.1, 0.15) is 46.1 Å². The molecular formula is C35H37FN4O7. The van der Waals surface area contributed by atoms with Crippen LogP contribution in [0.5, 0.6) is 0 Å². The summed E-state index contributed by atoms with van der Waals surface area (Å²) in [7, 11) is 0. The lowest BCUT2D eigenvalue weighted by molar-refractivity contribution is -0.172. The fraction of sp³-hybridized carbons (Fsp3) is 0.343. The molecule has 2 atom stereocenters. The number of carbonyl (C=O) groups excluding carboxylic acids is 3. The molecule has 2 heterocycles. The van der Waals surface area contributed by atoms with Crippen molar-refractivity contribution in [2.75, 3.05) is 13.3 Å². The number of piperidine rings is 1. The number of ether oxygens (including phenoxy) is 3. The third-order valence-electron chi connectivity index (χ3n) is 8.40. The summed E-state index contributed by atoms with van der Waals surface area (Å²) in [6.07, 6.45) is -0.811. The Morgan fingerprint density at radius 2 is 1.68 bits per heavy atom. The lowest BCUT2D eigenvalue weighted by Crippen LogP contribution is -2.62. The predicted octanol–water partition coefficient (Wildman–Crippen LogP) is 6.12. The van der Waals surface area contributed by atoms with Crippen molar-refractivity contribution in [3.63, 3.8) is 0 Å². The second-order valence-electron chi connectivity index (χ2n) is 12.3. The second kappa shape index (κ2) is 13.7. The van der Waals surface area contributed by atoms with E-state index in [1.165, 1.54) is 6.07 Å². The number of carbonyl (C=O) groups is 3. The zero-order chi connectivity index (χ0) is 33.8. The summed E-state index contributed by atoms with van der Waals surface area (Å²) in [5.74, 6) is -1.03. The van der Waals surface area contributed by atoms with E-state index in [0.717, 1.165) is 11.1 Å². The first kappa shape index (κ1) is 33.3. The molecule has 1 aliphatic rings. The number of primary amides is 1. The Morgan fingerprint density at radius 3 is 2.34 bits per heavy atom. The van der Waals surface area contributed by atoms with Crippen LogP contribution in [0, 0.1) is 11.2 Å². The van der Waals surface area contributed by atoms with Crippen molar-refractivity contribution in [3.8, 4) is 34.0 Å². The minimum Gasteiger partial charge on any atom is -0.431 e. The number of rotatable bonds is 10. The zero-order valence-electron chi connectivity index (χ0n) is 26.7. The Labute approximate surface area is 271 Å². The molecule has 0 aliphatic carbocycles. The predicted molar refractivity (Wildman–Crippen MR) is 170 cm³/mol. The van der Waals surface area contributed by atoms with Crippen molar-refractivity contribution in [1.82, 2.24) is 15.0 Å². The maximum Gasteiger partial charge on any atom is 0.511 e. The third kappa shape index (κ3) is 7.49. The summed E-state index contributed by atoms with van der Waals surface area (Å²) in [6.45, 7) is 6.93. The molecule has 5 rings (SSSR count). The number of benzene rings is 3. The van der Waals surface area contributed by atoms with Gasteiger partial charge in [-0.2, -0.15) is 4.98 Å². The molecule has 0 spiro atoms. The van der Waals surface area contributed by atoms with E-state index in [-0.39, 0.29) is 18.4 Å². The Bertz CT molecular complexity index is 1740. The number of likely N-dealkylation sites (tertiary alicyclic amines) is 1. The van der Waals surface area contributed by atoms with E-state index in [1.807, 2.05) is 59.5 Å². The highest BCUT2D eigenvalue weighted by atomic mass is 19.1. The van der Waals surface area contributed by atoms with Crippen LogP contribution in [0.2, 0.25) is 0 Å². The van der Waals surface area contributed by atoms with Crippen LogP contribution in [-0.4, -0.2) is 58.1 Å². The summed E-state index contributed by atoms with van der Waals surface area (Å²) in [4.78, 5) is 43.8. The normalized spacial score (nSPS) is 19.7. The van der Waals surface area contributed by atoms with Gasteiger partial charge in [0.1, 0.15) is 5.82 Å². The van der Waals surface area contributed by atoms with Gasteiger partial charge in [0.25, 0.3) is 5.89 Å². The number of aromatic nitrogens is 2. The molecule has 47 heavy (non-hydrogen) atoms. The van der Waals surface area contributed by atoms with E-state index in [4.69, 9.17) is 24.5 Å². The van der Waals surface area contributed by atoms with E-state index in [0.29, 0.717) is 42.0 Å². The van der Waals surface area contributed by atoms with E-state index in [1.54, 1.807) is 39.8 Å². The maximum atomic E-state index is 14.9. The molecule has 1 saturated heterocycles. The van der Waals surface area contributed by atoms with Crippen molar-refractivity contribution in [3.05, 3.63) is 84.2 Å². The van der Waals surface area contributed by atoms with Gasteiger partial charge >= 0.3 is 12.1 Å². The average Bonchev–Trinajstić information content (AvgIpc) is 3.53. The van der Waals surface area contributed by atoms with Gasteiger partial charge in [-0.3, -0.25) is 14.5 Å². The van der Waals surface area contributed by atoms with Crippen LogP contribution in [0.15, 0.2) is 77.3 Å². The summed E-state index contributed by atoms with van der Waals surface area (Å²) in [5.41, 5.74) is 6.99. The van der Waals surface area contributed by atoms with E-state index in [2.05, 4.69) is 10.1 Å². The van der Waals surface area contributed by atoms with Crippen molar-refractivity contribution in [2.45, 2.75) is 58.7 Å². The van der Waals surface area contributed by atoms with Gasteiger partial charge in [0.2, 0.25) is 18.5 Å². The highest BCUT2D eigenvalue weighted by Crippen LogP contribution is 2.42. The highest BCUT2D eigenvalue weighted by Gasteiger charge is 2.51. The first-order chi connectivity index (χ1) is 22.4. The topological polar surface area (TPSA) is 147 Å². The van der Waals surface area contributed by atoms with Gasteiger partial charge in [0, 0.05) is 29.8 Å². The smallest absolute Gasteiger partial charge is 0.431 e. The number of nitrogens with zero attached hydrogens (tertiary/aromatic N) is 3. The first-order valence-electron chi connectivity index (χ1n) is 15.2. The molecule has 2 N–H and O–H groups in total. The van der Waals surface area contributed by atoms with Crippen molar-refractivity contribution >= 4 is 18.0 Å². The molecular weight excluding hydrogens is 607 g/mol. The summed E-state index contributed by atoms with van der Waals surface area (Å²) < 4.78 is 35.2. The van der Waals surface area contributed by atoms with Gasteiger partial charge in [-0.25, -0.2) is 9.18 Å². The quantitative estimate of drug-likeness (QED) is 0.158. The molecule has 1 aromatic heterocycles. The van der Waals surface area contributed by atoms with Gasteiger partial charge in [0.05, 0.1) is 17.1 Å². The minimum atomic E-state index is -1.16. The summed E-state index contributed by atoms with van der Waals surface area (Å²) in [5, 5.41) is 4.08. The van der Waals surface area contributed by atoms with Gasteiger partial charge < -0.3 is 24.5 Å². The second-order valence-corrected chi connectivity index (χ2v) is 12.3. The molecule has 4 aromatic rings. The lowest BCUT2D eigenvalue weighted by Gasteiger charge is -2.48. The highest BCUT2D eigenvalue weighted by molar-refractivity contribution is 5.86. The SMILES string of the molecule is CC(C)OC(=O)OCOC(=O)C1(C)CCN(Cc2ccc(-c3noc(-c4ccc(-c5ccccc5)c(F)c4)n3)cc2)C(C)(C(N)=O)C1. The van der Waals surface area contributed by atoms with Gasteiger partial charge in [-0.05, 0) is 63.8 Å². The minimum absolute atomic E-state index is 0.112. The standard InChI is InChI=1S/C35H37FN4O7/c1-22(2)46-33(43)45-21-44-32(42)34(3)16-17-40(35(4,20-34)31(37)41)19-23-10-12-25(13-11-23)29-38-30(47-39-29)26-14-15-27(28(36)18-26)24-8-6-5-7-9-24/h5-15,18,22H,16-17,19-21H2,1-4H3,(H2,37,41). The average molecular weight is 645 g/mol. The molecule has 1 amide bonds. The summed E-state index contributed by atoms with van der Waals surface area (Å²) in [6, 6.07) is 21.5. The number of halogens is 1. The Kier molecular flexibility index (Phi) is 9.71. The molecule has 0 bridgehead atoms. The molecule has 0 saturated carbocycles. The zero-order valence-corrected chi connectivity index (χ0v) is 26.7. The van der Waals surface area contributed by atoms with Crippen LogP contribution in [0.25, 0.3) is 34.0 Å². The molecule has 1 fully saturated rings. The van der Waals surface area contributed by atoms with Gasteiger partial charge in [-0.15, -0.1) is 0 Å². The fourth-order valence-electron chi connectivity index (χ4n) is 5.73. The molecule has 246 valence electrons. The van der Waals surface area contributed by atoms with Crippen LogP contribution >= 0.6 is 0 Å². The largest absolute Gasteiger partial charge is 0.511 e. The van der Waals surface area contributed by atoms with Gasteiger partial charge in [0.15, 0.2) is 0 Å². The van der Waals surface area contributed by atoms with Crippen LogP contribution in [-0.2, 0) is 30.3 Å². The number of esters is 1. The molecule has 2 unspecified atom stereocenters. The molecule has 3 aromatic carbocycles. The van der Waals surface area contributed by atoms with Crippen LogP contribution in [0.4, 0.5) is 9.18 Å². The monoisotopic (exact) mass is 644 g/mol. The maximum absolute atomic E-state index is 14.9. The third-order valence-corrected chi connectivity index (χ3v) is 8.40. The Morgan fingerprint density at radius 1 is 0.979 bits per heavy atom. The van der Waals surface area contributed by atoms with Crippen molar-refractivity contribution in [1.29, 1.82) is 0 Å².